The molecule has 0 radical (unpaired) electrons. The van der Waals surface area contributed by atoms with Crippen LogP contribution in [0.15, 0.2) is 97.1 Å². The number of hydrogen-bond acceptors (Lipinski definition) is 34. The van der Waals surface area contributed by atoms with Crippen LogP contribution in [-0.4, -0.2) is 367 Å². The Balaban J connectivity index is 0.000000247. The van der Waals surface area contributed by atoms with Gasteiger partial charge in [-0.25, -0.2) is 0 Å². The van der Waals surface area contributed by atoms with Gasteiger partial charge in [0.25, 0.3) is 0 Å². The van der Waals surface area contributed by atoms with Gasteiger partial charge in [-0.15, -0.1) is 0 Å². The first-order chi connectivity index (χ1) is 61.5. The summed E-state index contributed by atoms with van der Waals surface area (Å²) < 4.78 is 170. The van der Waals surface area contributed by atoms with Crippen LogP contribution >= 0.6 is 0 Å². The molecule has 30 atom stereocenters. The molecule has 6 aliphatic heterocycles. The van der Waals surface area contributed by atoms with Gasteiger partial charge in [-0.3, -0.25) is 24.0 Å². The predicted octanol–water partition coefficient (Wildman–Crippen LogP) is 4.00. The first-order valence-electron chi connectivity index (χ1n) is 42.7. The number of carbonyl (C=O) groups excluding carboxylic acids is 5. The molecule has 4 aromatic carbocycles. The lowest BCUT2D eigenvalue weighted by atomic mass is 9.94. The van der Waals surface area contributed by atoms with Crippen LogP contribution in [0.3, 0.4) is 0 Å². The summed E-state index contributed by atoms with van der Waals surface area (Å²) in [4.78, 5) is 64.9. The van der Waals surface area contributed by atoms with Crippen molar-refractivity contribution in [2.24, 2.45) is 5.73 Å². The Labute approximate surface area is 742 Å². The molecule has 0 aromatic heterocycles. The van der Waals surface area contributed by atoms with Gasteiger partial charge in [0.05, 0.1) is 63.6 Å². The maximum Gasteiger partial charge on any atom is 0.306 e. The molecule has 12 rings (SSSR count). The van der Waals surface area contributed by atoms with Gasteiger partial charge in [0, 0.05) is 145 Å². The Bertz CT molecular complexity index is 4010. The van der Waals surface area contributed by atoms with E-state index in [2.05, 4.69) is 52.3 Å². The van der Waals surface area contributed by atoms with Crippen LogP contribution in [0.2, 0.25) is 0 Å². The molecule has 6 fully saturated rings. The summed E-state index contributed by atoms with van der Waals surface area (Å²) in [5.41, 5.74) is 15.3. The lowest BCUT2D eigenvalue weighted by Crippen LogP contribution is -2.69. The molecule has 37 nitrogen and oxygen atoms in total. The van der Waals surface area contributed by atoms with E-state index in [9.17, 15) is 24.0 Å². The fraction of sp³-hybridized carbons (Fsp3) is 0.678. The molecule has 127 heavy (non-hydrogen) atoms. The molecule has 0 spiro atoms. The molecule has 0 bridgehead atoms. The average Bonchev–Trinajstić information content (AvgIpc) is 1.71. The Hall–Kier alpha value is -6.85. The summed E-state index contributed by atoms with van der Waals surface area (Å²) >= 11 is 0. The third kappa shape index (κ3) is 23.3. The number of nitrogens with one attached hydrogen (secondary N) is 3. The van der Waals surface area contributed by atoms with Gasteiger partial charge in [0.1, 0.15) is 135 Å². The second-order valence-electron chi connectivity index (χ2n) is 32.1. The van der Waals surface area contributed by atoms with Crippen molar-refractivity contribution in [3.63, 3.8) is 0 Å². The summed E-state index contributed by atoms with van der Waals surface area (Å²) in [7, 11) is 24.2. The van der Waals surface area contributed by atoms with Crippen molar-refractivity contribution in [3.8, 4) is 22.3 Å². The van der Waals surface area contributed by atoms with E-state index in [-0.39, 0.29) is 83.1 Å². The number of hydrogen-bond donors (Lipinski definition) is 4. The highest BCUT2D eigenvalue weighted by Crippen LogP contribution is 2.47. The summed E-state index contributed by atoms with van der Waals surface area (Å²) in [5, 5.41) is 8.62. The second kappa shape index (κ2) is 48.5. The van der Waals surface area contributed by atoms with Crippen molar-refractivity contribution in [2.45, 2.75) is 242 Å². The van der Waals surface area contributed by atoms with Gasteiger partial charge in [-0.2, -0.15) is 0 Å². The Morgan fingerprint density at radius 2 is 0.583 bits per heavy atom. The zero-order chi connectivity index (χ0) is 91.3. The van der Waals surface area contributed by atoms with Crippen LogP contribution in [0.5, 0.6) is 0 Å². The molecule has 8 aliphatic rings. The maximum absolute atomic E-state index is 13.4. The van der Waals surface area contributed by atoms with Crippen LogP contribution in [0.4, 0.5) is 0 Å². The fourth-order valence-corrected chi connectivity index (χ4v) is 18.6. The summed E-state index contributed by atoms with van der Waals surface area (Å²) in [6.45, 7) is 5.56. The number of fused-ring (bicyclic) bond motifs is 6. The van der Waals surface area contributed by atoms with Crippen molar-refractivity contribution in [1.82, 2.24) is 16.0 Å². The number of benzene rings is 4. The van der Waals surface area contributed by atoms with Crippen molar-refractivity contribution in [3.05, 3.63) is 119 Å². The van der Waals surface area contributed by atoms with E-state index in [1.165, 1.54) is 114 Å². The number of ether oxygens (including phenoxy) is 28. The molecule has 14 unspecified atom stereocenters. The third-order valence-electron chi connectivity index (χ3n) is 24.7. The zero-order valence-electron chi connectivity index (χ0n) is 75.8. The Kier molecular flexibility index (Phi) is 38.5. The molecular weight excluding hydrogens is 1660 g/mol. The average molecular weight is 1800 g/mol. The number of carbonyl (C=O) groups is 5. The van der Waals surface area contributed by atoms with E-state index in [0.717, 1.165) is 44.5 Å². The van der Waals surface area contributed by atoms with E-state index in [4.69, 9.17) is 138 Å². The molecule has 6 saturated heterocycles. The monoisotopic (exact) mass is 1790 g/mol. The van der Waals surface area contributed by atoms with Crippen LogP contribution in [0, 0.1) is 0 Å². The Morgan fingerprint density at radius 3 is 0.890 bits per heavy atom. The van der Waals surface area contributed by atoms with Gasteiger partial charge in [-0.1, -0.05) is 97.1 Å². The minimum absolute atomic E-state index is 0.0220. The highest BCUT2D eigenvalue weighted by molar-refractivity contribution is 5.83. The van der Waals surface area contributed by atoms with Crippen molar-refractivity contribution in [1.29, 1.82) is 0 Å². The maximum atomic E-state index is 13.4. The molecular formula is C90H130N4O33. The fourth-order valence-electron chi connectivity index (χ4n) is 18.6. The zero-order valence-corrected chi connectivity index (χ0v) is 75.8. The van der Waals surface area contributed by atoms with E-state index in [1.807, 2.05) is 67.6 Å². The van der Waals surface area contributed by atoms with E-state index in [1.54, 1.807) is 14.0 Å². The number of rotatable bonds is 41. The normalized spacial score (nSPS) is 34.0. The van der Waals surface area contributed by atoms with E-state index in [0.29, 0.717) is 0 Å². The number of amides is 3. The molecule has 3 amide bonds. The van der Waals surface area contributed by atoms with Crippen molar-refractivity contribution >= 4 is 29.7 Å². The molecule has 0 saturated carbocycles. The Morgan fingerprint density at radius 1 is 0.307 bits per heavy atom. The molecule has 6 heterocycles. The summed E-state index contributed by atoms with van der Waals surface area (Å²) in [5.74, 6) is -2.35. The van der Waals surface area contributed by atoms with Gasteiger partial charge in [-0.05, 0) is 58.4 Å². The highest BCUT2D eigenvalue weighted by atomic mass is 16.8. The lowest BCUT2D eigenvalue weighted by molar-refractivity contribution is -0.374. The van der Waals surface area contributed by atoms with Gasteiger partial charge >= 0.3 is 11.9 Å². The molecule has 4 aromatic rings. The predicted molar refractivity (Wildman–Crippen MR) is 450 cm³/mol. The van der Waals surface area contributed by atoms with Crippen LogP contribution in [-0.2, 0) is 157 Å². The summed E-state index contributed by atoms with van der Waals surface area (Å²) in [6.07, 6.45) is -23.7. The second-order valence-corrected chi connectivity index (χ2v) is 32.1. The third-order valence-corrected chi connectivity index (χ3v) is 24.7. The van der Waals surface area contributed by atoms with Crippen LogP contribution < -0.4 is 21.7 Å². The van der Waals surface area contributed by atoms with Crippen molar-refractivity contribution < 1.29 is 157 Å². The van der Waals surface area contributed by atoms with Gasteiger partial charge in [0.2, 0.25) is 17.7 Å². The quantitative estimate of drug-likeness (QED) is 0.0456. The van der Waals surface area contributed by atoms with Crippen molar-refractivity contribution in [2.75, 3.05) is 153 Å². The van der Waals surface area contributed by atoms with E-state index < -0.39 is 208 Å². The van der Waals surface area contributed by atoms with Gasteiger partial charge < -0.3 is 154 Å². The first-order valence-corrected chi connectivity index (χ1v) is 42.7. The topological polar surface area (TPSA) is 406 Å². The summed E-state index contributed by atoms with van der Waals surface area (Å²) in [6, 6.07) is 31.4. The largest absolute Gasteiger partial charge is 0.465 e. The SMILES string of the molecule is COCC1OC(NC(=O)CCC(=O)OCC2c3ccccc3-c3ccccc32)C(OC)[C@H](OC)[C@H]1O[C@@H]1OC(COC)[C@H](O[C@@H]2OC(C)[C@@H](N)[C@@H](OC)C2OC)[C@@H](OC)C1OC.COCC1OC(NC(=O)CCC(=O)OCC2c3ccccc3-c3ccccc32)C(OC)[C@H](OC)[C@H]1O[C@@H]1OC(COC)[C@H](O[C@@H]2OC(C)[C@@H](NC(C)=O)[C@@H](OC)C2OC)[C@@H](OC)C1OC. The highest BCUT2D eigenvalue weighted by Gasteiger charge is 2.59. The molecule has 37 heteroatoms. The minimum Gasteiger partial charge on any atom is -0.465 e. The molecule has 708 valence electrons. The van der Waals surface area contributed by atoms with E-state index >= 15 is 0 Å². The smallest absolute Gasteiger partial charge is 0.306 e. The van der Waals surface area contributed by atoms with Crippen LogP contribution in [0.25, 0.3) is 22.3 Å². The number of nitrogens with two attached hydrogens (primary N) is 1. The number of esters is 2. The standard InChI is InChI=1S/C46H66N2O17.C44H64N2O16/c1-24-35(47-25(2)49)38(54-5)42(58-9)45(61-24)64-37-32(23-53-4)63-46(43(59-10)40(37)56-7)65-36-31(22-52-3)62-44(41(57-8)39(36)55-6)48-33(50)19-20-34(51)60-21-30-28-17-13-11-15-26(28)27-16-12-14-18-29(27)30;1-23-33(45)36(51-4)40(55-8)43(58-23)61-35-30(22-50-3)60-44(41(56-9)38(35)53-6)62-34-29(21-49-2)59-42(39(54-7)37(34)52-5)46-31(47)18-19-32(48)57-20-28-26-16-12-10-14-24(26)25-15-11-13-17-27(25)28/h11-18,24,30-32,35-46H,19-23H2,1-10H3,(H,47,49)(H,48,50);10-17,23,28-30,33-44H,18-22,45H2,1-9H3,(H,46,47)/t24?,31?,32?,35-,36+,37+,38-,39-,40-,41?,42?,43?,44?,45+,46+;23?,29?,30?,33-,34+,35+,36-,37-,38-,39?,40?,41?,42?,43+,44+/m11/s1. The molecule has 2 aliphatic carbocycles. The number of methoxy groups -OCH3 is 16. The molecule has 5 N–H and O–H groups in total. The van der Waals surface area contributed by atoms with Gasteiger partial charge in [0.15, 0.2) is 37.6 Å². The lowest BCUT2D eigenvalue weighted by Gasteiger charge is -2.51. The van der Waals surface area contributed by atoms with Crippen LogP contribution in [0.1, 0.15) is 80.5 Å². The first kappa shape index (κ1) is 101. The minimum atomic E-state index is -1.11.